The molecule has 1 heterocycles. The quantitative estimate of drug-likeness (QED) is 0.612. The number of hydrogen-bond acceptors (Lipinski definition) is 3. The Morgan fingerprint density at radius 3 is 2.71 bits per heavy atom. The van der Waals surface area contributed by atoms with Crippen molar-refractivity contribution in [1.82, 2.24) is 9.97 Å². The van der Waals surface area contributed by atoms with E-state index in [9.17, 15) is 4.79 Å². The number of ether oxygens (including phenoxy) is 1. The van der Waals surface area contributed by atoms with Gasteiger partial charge in [-0.1, -0.05) is 20.3 Å². The van der Waals surface area contributed by atoms with E-state index in [2.05, 4.69) is 16.9 Å². The number of H-pyrrole nitrogens is 1. The van der Waals surface area contributed by atoms with Gasteiger partial charge in [-0.2, -0.15) is 0 Å². The number of aromatic amines is 1. The average molecular weight is 238 g/mol. The molecule has 4 nitrogen and oxygen atoms in total. The molecule has 0 aliphatic heterocycles. The highest BCUT2D eigenvalue weighted by Crippen LogP contribution is 2.19. The van der Waals surface area contributed by atoms with Crippen LogP contribution in [0.4, 0.5) is 0 Å². The van der Waals surface area contributed by atoms with Crippen molar-refractivity contribution < 1.29 is 9.53 Å². The lowest BCUT2D eigenvalue weighted by molar-refractivity contribution is -0.145. The lowest BCUT2D eigenvalue weighted by atomic mass is 10.1. The van der Waals surface area contributed by atoms with Gasteiger partial charge in [0, 0.05) is 6.42 Å². The normalized spacial score (nSPS) is 12.5. The van der Waals surface area contributed by atoms with Crippen LogP contribution in [0.5, 0.6) is 0 Å². The molecule has 0 saturated carbocycles. The number of hydrogen-bond donors (Lipinski definition) is 1. The summed E-state index contributed by atoms with van der Waals surface area (Å²) in [5.41, 5.74) is 1.77. The second-order valence-electron chi connectivity index (χ2n) is 4.28. The molecule has 0 amide bonds. The molecule has 1 atom stereocenters. The molecule has 0 bridgehead atoms. The van der Waals surface area contributed by atoms with Crippen LogP contribution in [-0.4, -0.2) is 22.5 Å². The van der Waals surface area contributed by atoms with Gasteiger partial charge in [0.25, 0.3) is 0 Å². The van der Waals surface area contributed by atoms with Crippen molar-refractivity contribution in [1.29, 1.82) is 0 Å². The number of aromatic nitrogens is 2. The summed E-state index contributed by atoms with van der Waals surface area (Å²) >= 11 is 0. The first-order chi connectivity index (χ1) is 8.10. The van der Waals surface area contributed by atoms with Crippen LogP contribution in [0.2, 0.25) is 0 Å². The van der Waals surface area contributed by atoms with Crippen LogP contribution in [0.3, 0.4) is 0 Å². The molecular weight excluding hydrogens is 216 g/mol. The molecule has 1 aromatic heterocycles. The van der Waals surface area contributed by atoms with Gasteiger partial charge in [0.05, 0.1) is 23.9 Å². The second kappa shape index (κ2) is 6.42. The smallest absolute Gasteiger partial charge is 0.314 e. The van der Waals surface area contributed by atoms with E-state index < -0.39 is 0 Å². The number of carbonyl (C=O) groups is 1. The standard InChI is InChI=1S/C13H22N2O2/c1-5-7-8-17-13(16)9(3)12-10(4)14-11(6-2)15-12/h9H,5-8H2,1-4H3,(H,14,15). The number of nitrogens with zero attached hydrogens (tertiary/aromatic N) is 1. The highest BCUT2D eigenvalue weighted by atomic mass is 16.5. The Labute approximate surface area is 103 Å². The van der Waals surface area contributed by atoms with Gasteiger partial charge in [-0.25, -0.2) is 4.98 Å². The van der Waals surface area contributed by atoms with Gasteiger partial charge in [-0.3, -0.25) is 4.79 Å². The molecule has 0 aromatic carbocycles. The predicted molar refractivity (Wildman–Crippen MR) is 67.0 cm³/mol. The molecule has 1 rings (SSSR count). The molecule has 4 heteroatoms. The number of carbonyl (C=O) groups excluding carboxylic acids is 1. The fraction of sp³-hybridized carbons (Fsp3) is 0.692. The van der Waals surface area contributed by atoms with Gasteiger partial charge in [-0.05, 0) is 20.3 Å². The molecular formula is C13H22N2O2. The second-order valence-corrected chi connectivity index (χ2v) is 4.28. The van der Waals surface area contributed by atoms with Crippen LogP contribution in [0.25, 0.3) is 0 Å². The van der Waals surface area contributed by atoms with Crippen LogP contribution < -0.4 is 0 Å². The fourth-order valence-electron chi connectivity index (χ4n) is 1.69. The summed E-state index contributed by atoms with van der Waals surface area (Å²) in [7, 11) is 0. The molecule has 0 fully saturated rings. The van der Waals surface area contributed by atoms with E-state index in [-0.39, 0.29) is 11.9 Å². The van der Waals surface area contributed by atoms with E-state index in [0.717, 1.165) is 36.5 Å². The maximum absolute atomic E-state index is 11.8. The van der Waals surface area contributed by atoms with Crippen molar-refractivity contribution in [3.8, 4) is 0 Å². The average Bonchev–Trinajstić information content (AvgIpc) is 2.69. The minimum Gasteiger partial charge on any atom is -0.465 e. The number of imidazole rings is 1. The van der Waals surface area contributed by atoms with Crippen molar-refractivity contribution in [3.05, 3.63) is 17.2 Å². The van der Waals surface area contributed by atoms with E-state index in [1.807, 2.05) is 20.8 Å². The molecule has 96 valence electrons. The van der Waals surface area contributed by atoms with Crippen molar-refractivity contribution in [2.75, 3.05) is 6.61 Å². The Kier molecular flexibility index (Phi) is 5.19. The van der Waals surface area contributed by atoms with Gasteiger partial charge >= 0.3 is 5.97 Å². The highest BCUT2D eigenvalue weighted by Gasteiger charge is 2.21. The van der Waals surface area contributed by atoms with Gasteiger partial charge in [0.1, 0.15) is 5.82 Å². The summed E-state index contributed by atoms with van der Waals surface area (Å²) in [6.45, 7) is 8.39. The molecule has 1 aromatic rings. The minimum absolute atomic E-state index is 0.173. The van der Waals surface area contributed by atoms with Crippen LogP contribution in [0, 0.1) is 6.92 Å². The third-order valence-electron chi connectivity index (χ3n) is 2.84. The third-order valence-corrected chi connectivity index (χ3v) is 2.84. The lowest BCUT2D eigenvalue weighted by Gasteiger charge is -2.10. The number of nitrogens with one attached hydrogen (secondary N) is 1. The van der Waals surface area contributed by atoms with E-state index in [4.69, 9.17) is 4.74 Å². The maximum Gasteiger partial charge on any atom is 0.314 e. The van der Waals surface area contributed by atoms with E-state index in [0.29, 0.717) is 6.61 Å². The van der Waals surface area contributed by atoms with Gasteiger partial charge in [0.15, 0.2) is 0 Å². The SMILES string of the molecule is CCCCOC(=O)C(C)c1[nH]c(CC)nc1C. The summed E-state index contributed by atoms with van der Waals surface area (Å²) in [6, 6.07) is 0. The monoisotopic (exact) mass is 238 g/mol. The largest absolute Gasteiger partial charge is 0.465 e. The first-order valence-corrected chi connectivity index (χ1v) is 6.32. The van der Waals surface area contributed by atoms with E-state index in [1.54, 1.807) is 0 Å². The van der Waals surface area contributed by atoms with Crippen molar-refractivity contribution in [3.63, 3.8) is 0 Å². The zero-order valence-electron chi connectivity index (χ0n) is 11.2. The first kappa shape index (κ1) is 13.7. The molecule has 0 spiro atoms. The number of unbranched alkanes of at least 4 members (excludes halogenated alkanes) is 1. The summed E-state index contributed by atoms with van der Waals surface area (Å²) in [4.78, 5) is 19.4. The topological polar surface area (TPSA) is 55.0 Å². The van der Waals surface area contributed by atoms with Crippen LogP contribution in [0.15, 0.2) is 0 Å². The van der Waals surface area contributed by atoms with E-state index >= 15 is 0 Å². The maximum atomic E-state index is 11.8. The third kappa shape index (κ3) is 3.58. The summed E-state index contributed by atoms with van der Waals surface area (Å²) < 4.78 is 5.21. The Balaban J connectivity index is 2.64. The van der Waals surface area contributed by atoms with Crippen molar-refractivity contribution in [2.24, 2.45) is 0 Å². The van der Waals surface area contributed by atoms with Crippen molar-refractivity contribution in [2.45, 2.75) is 52.9 Å². The highest BCUT2D eigenvalue weighted by molar-refractivity contribution is 5.77. The summed E-state index contributed by atoms with van der Waals surface area (Å²) in [5.74, 6) is 0.484. The molecule has 0 saturated heterocycles. The van der Waals surface area contributed by atoms with E-state index in [1.165, 1.54) is 0 Å². The van der Waals surface area contributed by atoms with Gasteiger partial charge in [-0.15, -0.1) is 0 Å². The number of esters is 1. The van der Waals surface area contributed by atoms with Gasteiger partial charge < -0.3 is 9.72 Å². The Morgan fingerprint density at radius 1 is 1.47 bits per heavy atom. The Morgan fingerprint density at radius 2 is 2.18 bits per heavy atom. The molecule has 0 aliphatic carbocycles. The molecule has 17 heavy (non-hydrogen) atoms. The van der Waals surface area contributed by atoms with Crippen LogP contribution in [0.1, 0.15) is 56.7 Å². The van der Waals surface area contributed by atoms with Crippen LogP contribution in [-0.2, 0) is 16.0 Å². The lowest BCUT2D eigenvalue weighted by Crippen LogP contribution is -2.15. The molecule has 0 radical (unpaired) electrons. The Bertz CT molecular complexity index is 371. The first-order valence-electron chi connectivity index (χ1n) is 6.32. The zero-order chi connectivity index (χ0) is 12.8. The molecule has 0 aliphatic rings. The Hall–Kier alpha value is -1.32. The fourth-order valence-corrected chi connectivity index (χ4v) is 1.69. The summed E-state index contributed by atoms with van der Waals surface area (Å²) in [6.07, 6.45) is 2.80. The predicted octanol–water partition coefficient (Wildman–Crippen LogP) is 2.73. The molecule has 1 N–H and O–H groups in total. The minimum atomic E-state index is -0.264. The number of rotatable bonds is 6. The van der Waals surface area contributed by atoms with Crippen LogP contribution >= 0.6 is 0 Å². The summed E-state index contributed by atoms with van der Waals surface area (Å²) in [5, 5.41) is 0. The van der Waals surface area contributed by atoms with Crippen molar-refractivity contribution >= 4 is 5.97 Å². The zero-order valence-corrected chi connectivity index (χ0v) is 11.2. The van der Waals surface area contributed by atoms with Gasteiger partial charge in [0.2, 0.25) is 0 Å². The number of aryl methyl sites for hydroxylation is 2. The molecule has 1 unspecified atom stereocenters.